The number of carbonyl (C=O) groups is 1. The standard InChI is InChI=1S/C17H20N2O4/c1-11-9-19(10-12(2)22-11)16(20)17(5-6-17)15-8-14(23-18-15)13-4-3-7-21-13/h3-4,7-8,11-12H,5-6,9-10H2,1-2H3. The number of nitrogens with zero attached hydrogens (tertiary/aromatic N) is 2. The first kappa shape index (κ1) is 14.5. The lowest BCUT2D eigenvalue weighted by molar-refractivity contribution is -0.146. The molecule has 2 aromatic heterocycles. The van der Waals surface area contributed by atoms with Crippen LogP contribution in [-0.4, -0.2) is 41.3 Å². The first-order chi connectivity index (χ1) is 11.1. The van der Waals surface area contributed by atoms with Crippen LogP contribution in [0.4, 0.5) is 0 Å². The molecule has 23 heavy (non-hydrogen) atoms. The summed E-state index contributed by atoms with van der Waals surface area (Å²) in [5.41, 5.74) is 0.186. The minimum Gasteiger partial charge on any atom is -0.461 e. The summed E-state index contributed by atoms with van der Waals surface area (Å²) in [5.74, 6) is 1.33. The molecule has 1 saturated carbocycles. The molecule has 2 atom stereocenters. The number of furan rings is 1. The summed E-state index contributed by atoms with van der Waals surface area (Å²) in [6, 6.07) is 5.44. The third-order valence-electron chi connectivity index (χ3n) is 4.63. The Morgan fingerprint density at radius 1 is 1.26 bits per heavy atom. The van der Waals surface area contributed by atoms with Gasteiger partial charge in [0, 0.05) is 19.2 Å². The Kier molecular flexibility index (Phi) is 3.30. The number of aromatic nitrogens is 1. The van der Waals surface area contributed by atoms with E-state index in [1.54, 1.807) is 12.3 Å². The highest BCUT2D eigenvalue weighted by Crippen LogP contribution is 2.50. The second-order valence-electron chi connectivity index (χ2n) is 6.60. The second-order valence-corrected chi connectivity index (χ2v) is 6.60. The van der Waals surface area contributed by atoms with Crippen LogP contribution in [0.3, 0.4) is 0 Å². The molecule has 0 spiro atoms. The smallest absolute Gasteiger partial charge is 0.235 e. The summed E-state index contributed by atoms with van der Waals surface area (Å²) in [4.78, 5) is 14.9. The van der Waals surface area contributed by atoms with Crippen LogP contribution in [0.1, 0.15) is 32.4 Å². The molecule has 1 amide bonds. The predicted molar refractivity (Wildman–Crippen MR) is 81.7 cm³/mol. The molecule has 3 heterocycles. The Bertz CT molecular complexity index is 692. The maximum atomic E-state index is 13.0. The molecule has 0 radical (unpaired) electrons. The van der Waals surface area contributed by atoms with E-state index in [4.69, 9.17) is 13.7 Å². The van der Waals surface area contributed by atoms with Gasteiger partial charge in [-0.1, -0.05) is 5.16 Å². The Balaban J connectivity index is 1.57. The van der Waals surface area contributed by atoms with E-state index in [1.165, 1.54) is 0 Å². The van der Waals surface area contributed by atoms with Crippen molar-refractivity contribution in [2.45, 2.75) is 44.3 Å². The molecular formula is C17H20N2O4. The largest absolute Gasteiger partial charge is 0.461 e. The highest BCUT2D eigenvalue weighted by atomic mass is 16.5. The fourth-order valence-electron chi connectivity index (χ4n) is 3.39. The van der Waals surface area contributed by atoms with Gasteiger partial charge in [0.05, 0.1) is 29.6 Å². The first-order valence-electron chi connectivity index (χ1n) is 8.04. The van der Waals surface area contributed by atoms with Gasteiger partial charge in [0.25, 0.3) is 0 Å². The van der Waals surface area contributed by atoms with Crippen LogP contribution in [0.15, 0.2) is 33.4 Å². The molecule has 2 aliphatic rings. The fraction of sp³-hybridized carbons (Fsp3) is 0.529. The first-order valence-corrected chi connectivity index (χ1v) is 8.04. The molecule has 6 heteroatoms. The van der Waals surface area contributed by atoms with Crippen LogP contribution in [0.2, 0.25) is 0 Å². The van der Waals surface area contributed by atoms with E-state index >= 15 is 0 Å². The number of rotatable bonds is 3. The average molecular weight is 316 g/mol. The molecule has 6 nitrogen and oxygen atoms in total. The van der Waals surface area contributed by atoms with Crippen molar-refractivity contribution in [1.82, 2.24) is 10.1 Å². The summed E-state index contributed by atoms with van der Waals surface area (Å²) < 4.78 is 16.4. The van der Waals surface area contributed by atoms with E-state index in [0.717, 1.165) is 12.8 Å². The summed E-state index contributed by atoms with van der Waals surface area (Å²) in [5, 5.41) is 4.15. The van der Waals surface area contributed by atoms with Gasteiger partial charge in [-0.2, -0.15) is 0 Å². The Morgan fingerprint density at radius 3 is 2.61 bits per heavy atom. The SMILES string of the molecule is CC1CN(C(=O)C2(c3cc(-c4ccco4)on3)CC2)CC(C)O1. The van der Waals surface area contributed by atoms with Crippen molar-refractivity contribution in [2.24, 2.45) is 0 Å². The molecular weight excluding hydrogens is 296 g/mol. The molecule has 0 N–H and O–H groups in total. The molecule has 2 aromatic rings. The molecule has 1 saturated heterocycles. The van der Waals surface area contributed by atoms with Gasteiger partial charge >= 0.3 is 0 Å². The zero-order chi connectivity index (χ0) is 16.0. The monoisotopic (exact) mass is 316 g/mol. The highest BCUT2D eigenvalue weighted by Gasteiger charge is 2.56. The lowest BCUT2D eigenvalue weighted by atomic mass is 9.99. The summed E-state index contributed by atoms with van der Waals surface area (Å²) >= 11 is 0. The molecule has 0 aromatic carbocycles. The molecule has 2 unspecified atom stereocenters. The van der Waals surface area contributed by atoms with Crippen LogP contribution < -0.4 is 0 Å². The zero-order valence-corrected chi connectivity index (χ0v) is 13.3. The van der Waals surface area contributed by atoms with E-state index in [0.29, 0.717) is 30.3 Å². The normalized spacial score (nSPS) is 26.3. The van der Waals surface area contributed by atoms with Crippen LogP contribution in [0.25, 0.3) is 11.5 Å². The van der Waals surface area contributed by atoms with E-state index in [9.17, 15) is 4.79 Å². The summed E-state index contributed by atoms with van der Waals surface area (Å²) in [6.45, 7) is 5.27. The third kappa shape index (κ3) is 2.47. The molecule has 4 rings (SSSR count). The highest BCUT2D eigenvalue weighted by molar-refractivity contribution is 5.91. The van der Waals surface area contributed by atoms with Gasteiger partial charge in [-0.15, -0.1) is 0 Å². The van der Waals surface area contributed by atoms with Crippen molar-refractivity contribution in [3.8, 4) is 11.5 Å². The third-order valence-corrected chi connectivity index (χ3v) is 4.63. The van der Waals surface area contributed by atoms with Crippen molar-refractivity contribution in [3.63, 3.8) is 0 Å². The molecule has 1 aliphatic heterocycles. The van der Waals surface area contributed by atoms with Crippen molar-refractivity contribution in [3.05, 3.63) is 30.2 Å². The van der Waals surface area contributed by atoms with Crippen molar-refractivity contribution in [1.29, 1.82) is 0 Å². The van der Waals surface area contributed by atoms with Crippen molar-refractivity contribution in [2.75, 3.05) is 13.1 Å². The van der Waals surface area contributed by atoms with Gasteiger partial charge in [-0.3, -0.25) is 4.79 Å². The molecule has 2 fully saturated rings. The van der Waals surface area contributed by atoms with Gasteiger partial charge < -0.3 is 18.6 Å². The average Bonchev–Trinajstić information content (AvgIpc) is 2.96. The van der Waals surface area contributed by atoms with E-state index in [-0.39, 0.29) is 18.1 Å². The molecule has 1 aliphatic carbocycles. The minimum atomic E-state index is -0.523. The fourth-order valence-corrected chi connectivity index (χ4v) is 3.39. The number of hydrogen-bond donors (Lipinski definition) is 0. The zero-order valence-electron chi connectivity index (χ0n) is 13.3. The number of ether oxygens (including phenoxy) is 1. The van der Waals surface area contributed by atoms with Gasteiger partial charge in [-0.05, 0) is 38.8 Å². The van der Waals surface area contributed by atoms with Crippen LogP contribution in [0, 0.1) is 0 Å². The van der Waals surface area contributed by atoms with Gasteiger partial charge in [0.1, 0.15) is 0 Å². The van der Waals surface area contributed by atoms with Gasteiger partial charge in [-0.25, -0.2) is 0 Å². The number of carbonyl (C=O) groups excluding carboxylic acids is 1. The lowest BCUT2D eigenvalue weighted by Gasteiger charge is -2.37. The van der Waals surface area contributed by atoms with E-state index in [2.05, 4.69) is 5.16 Å². The maximum Gasteiger partial charge on any atom is 0.235 e. The Hall–Kier alpha value is -2.08. The quantitative estimate of drug-likeness (QED) is 0.870. The second kappa shape index (κ2) is 5.23. The number of hydrogen-bond acceptors (Lipinski definition) is 5. The minimum absolute atomic E-state index is 0.0643. The van der Waals surface area contributed by atoms with Crippen molar-refractivity contribution >= 4 is 5.91 Å². The molecule has 0 bridgehead atoms. The maximum absolute atomic E-state index is 13.0. The van der Waals surface area contributed by atoms with Crippen LogP contribution >= 0.6 is 0 Å². The van der Waals surface area contributed by atoms with Gasteiger partial charge in [0.2, 0.25) is 11.7 Å². The summed E-state index contributed by atoms with van der Waals surface area (Å²) in [6.07, 6.45) is 3.35. The van der Waals surface area contributed by atoms with Crippen molar-refractivity contribution < 1.29 is 18.5 Å². The topological polar surface area (TPSA) is 68.7 Å². The Labute approximate surface area is 134 Å². The predicted octanol–water partition coefficient (Wildman–Crippen LogP) is 2.60. The van der Waals surface area contributed by atoms with Gasteiger partial charge in [0.15, 0.2) is 5.76 Å². The Morgan fingerprint density at radius 2 is 2.00 bits per heavy atom. The number of amides is 1. The van der Waals surface area contributed by atoms with Crippen LogP contribution in [-0.2, 0) is 14.9 Å². The lowest BCUT2D eigenvalue weighted by Crippen LogP contribution is -2.51. The van der Waals surface area contributed by atoms with E-state index < -0.39 is 5.41 Å². The summed E-state index contributed by atoms with van der Waals surface area (Å²) in [7, 11) is 0. The van der Waals surface area contributed by atoms with E-state index in [1.807, 2.05) is 30.9 Å². The number of morpholine rings is 1. The van der Waals surface area contributed by atoms with Crippen LogP contribution in [0.5, 0.6) is 0 Å². The molecule has 122 valence electrons.